The Kier molecular flexibility index (Phi) is 7.03. The lowest BCUT2D eigenvalue weighted by Gasteiger charge is -2.34. The van der Waals surface area contributed by atoms with Crippen LogP contribution < -0.4 is 5.32 Å². The minimum absolute atomic E-state index is 0.534. The third kappa shape index (κ3) is 5.53. The number of hydrogen-bond acceptors (Lipinski definition) is 2. The van der Waals surface area contributed by atoms with Crippen molar-refractivity contribution in [3.63, 3.8) is 0 Å². The van der Waals surface area contributed by atoms with Gasteiger partial charge in [-0.25, -0.2) is 0 Å². The molecule has 0 unspecified atom stereocenters. The Hall–Kier alpha value is -0.0800. The molecule has 90 valence electrons. The van der Waals surface area contributed by atoms with E-state index in [1.807, 2.05) is 7.11 Å². The van der Waals surface area contributed by atoms with Gasteiger partial charge >= 0.3 is 0 Å². The molecule has 1 fully saturated rings. The fourth-order valence-corrected chi connectivity index (χ4v) is 2.14. The zero-order valence-electron chi connectivity index (χ0n) is 10.4. The summed E-state index contributed by atoms with van der Waals surface area (Å²) in [6.45, 7) is 3.47. The maximum absolute atomic E-state index is 5.25. The average molecular weight is 213 g/mol. The fraction of sp³-hybridized carbons (Fsp3) is 1.00. The van der Waals surface area contributed by atoms with Crippen LogP contribution in [0.15, 0.2) is 0 Å². The molecule has 15 heavy (non-hydrogen) atoms. The first-order valence-corrected chi connectivity index (χ1v) is 6.63. The molecule has 0 atom stereocenters. The fourth-order valence-electron chi connectivity index (χ4n) is 2.14. The maximum atomic E-state index is 5.25. The summed E-state index contributed by atoms with van der Waals surface area (Å²) in [5.74, 6) is 0. The lowest BCUT2D eigenvalue weighted by molar-refractivity contribution is 0.0175. The minimum atomic E-state index is 0.534. The second-order valence-electron chi connectivity index (χ2n) is 4.75. The van der Waals surface area contributed by atoms with E-state index >= 15 is 0 Å². The van der Waals surface area contributed by atoms with Gasteiger partial charge in [-0.2, -0.15) is 0 Å². The molecule has 0 aromatic rings. The molecule has 0 aromatic carbocycles. The minimum Gasteiger partial charge on any atom is -0.381 e. The predicted molar refractivity (Wildman–Crippen MR) is 65.2 cm³/mol. The summed E-state index contributed by atoms with van der Waals surface area (Å²) in [5, 5.41) is 3.59. The molecule has 0 aromatic heterocycles. The Morgan fingerprint density at radius 1 is 1.07 bits per heavy atom. The van der Waals surface area contributed by atoms with Gasteiger partial charge in [-0.15, -0.1) is 0 Å². The molecule has 1 saturated carbocycles. The molecule has 1 N–H and O–H groups in total. The van der Waals surface area contributed by atoms with Crippen LogP contribution in [-0.4, -0.2) is 25.8 Å². The Morgan fingerprint density at radius 2 is 1.73 bits per heavy atom. The van der Waals surface area contributed by atoms with E-state index in [-0.39, 0.29) is 0 Å². The van der Waals surface area contributed by atoms with E-state index in [2.05, 4.69) is 12.2 Å². The van der Waals surface area contributed by atoms with Crippen LogP contribution in [0.4, 0.5) is 0 Å². The van der Waals surface area contributed by atoms with E-state index in [1.54, 1.807) is 0 Å². The van der Waals surface area contributed by atoms with Crippen molar-refractivity contribution in [2.75, 3.05) is 13.7 Å². The van der Waals surface area contributed by atoms with E-state index in [9.17, 15) is 0 Å². The van der Waals surface area contributed by atoms with Gasteiger partial charge < -0.3 is 10.1 Å². The lowest BCUT2D eigenvalue weighted by atomic mass is 9.89. The Labute approximate surface area is 94.8 Å². The summed E-state index contributed by atoms with van der Waals surface area (Å²) in [5.41, 5.74) is 0. The van der Waals surface area contributed by atoms with Gasteiger partial charge in [0.25, 0.3) is 0 Å². The highest BCUT2D eigenvalue weighted by molar-refractivity contribution is 4.85. The summed E-state index contributed by atoms with van der Waals surface area (Å²) in [6.07, 6.45) is 11.3. The van der Waals surface area contributed by atoms with Crippen LogP contribution in [0.25, 0.3) is 0 Å². The largest absolute Gasteiger partial charge is 0.381 e. The average Bonchev–Trinajstić information content (AvgIpc) is 2.19. The van der Waals surface area contributed by atoms with Crippen LogP contribution in [0.3, 0.4) is 0 Å². The van der Waals surface area contributed by atoms with Crippen LogP contribution >= 0.6 is 0 Å². The molecule has 0 radical (unpaired) electrons. The Bertz CT molecular complexity index is 143. The van der Waals surface area contributed by atoms with E-state index in [0.29, 0.717) is 6.10 Å². The topological polar surface area (TPSA) is 21.3 Å². The zero-order chi connectivity index (χ0) is 10.9. The lowest BCUT2D eigenvalue weighted by Crippen LogP contribution is -2.45. The number of ether oxygens (including phenoxy) is 1. The Balaban J connectivity index is 1.74. The van der Waals surface area contributed by atoms with Crippen molar-refractivity contribution in [1.29, 1.82) is 0 Å². The van der Waals surface area contributed by atoms with Crippen LogP contribution in [0, 0.1) is 0 Å². The number of hydrogen-bond donors (Lipinski definition) is 1. The quantitative estimate of drug-likeness (QED) is 0.594. The van der Waals surface area contributed by atoms with E-state index in [0.717, 1.165) is 6.04 Å². The molecule has 0 heterocycles. The summed E-state index contributed by atoms with van der Waals surface area (Å²) >= 11 is 0. The second-order valence-corrected chi connectivity index (χ2v) is 4.75. The van der Waals surface area contributed by atoms with Gasteiger partial charge in [-0.3, -0.25) is 0 Å². The van der Waals surface area contributed by atoms with Crippen LogP contribution in [0.5, 0.6) is 0 Å². The number of nitrogens with one attached hydrogen (secondary N) is 1. The van der Waals surface area contributed by atoms with Gasteiger partial charge in [0.05, 0.1) is 6.10 Å². The molecular weight excluding hydrogens is 186 g/mol. The van der Waals surface area contributed by atoms with Gasteiger partial charge in [0.15, 0.2) is 0 Å². The molecule has 2 heteroatoms. The van der Waals surface area contributed by atoms with Gasteiger partial charge in [-0.1, -0.05) is 39.0 Å². The maximum Gasteiger partial charge on any atom is 0.0601 e. The van der Waals surface area contributed by atoms with Crippen molar-refractivity contribution in [1.82, 2.24) is 5.32 Å². The van der Waals surface area contributed by atoms with E-state index in [1.165, 1.54) is 57.9 Å². The zero-order valence-corrected chi connectivity index (χ0v) is 10.4. The Morgan fingerprint density at radius 3 is 2.40 bits per heavy atom. The summed E-state index contributed by atoms with van der Waals surface area (Å²) in [7, 11) is 1.81. The van der Waals surface area contributed by atoms with Crippen molar-refractivity contribution in [2.45, 2.75) is 70.4 Å². The highest BCUT2D eigenvalue weighted by atomic mass is 16.5. The third-order valence-corrected chi connectivity index (χ3v) is 3.39. The number of rotatable bonds is 9. The van der Waals surface area contributed by atoms with Gasteiger partial charge in [0.1, 0.15) is 0 Å². The monoisotopic (exact) mass is 213 g/mol. The van der Waals surface area contributed by atoms with E-state index < -0.39 is 0 Å². The highest BCUT2D eigenvalue weighted by Crippen LogP contribution is 2.22. The van der Waals surface area contributed by atoms with E-state index in [4.69, 9.17) is 4.74 Å². The van der Waals surface area contributed by atoms with Crippen molar-refractivity contribution >= 4 is 0 Å². The van der Waals surface area contributed by atoms with Gasteiger partial charge in [0.2, 0.25) is 0 Å². The summed E-state index contributed by atoms with van der Waals surface area (Å²) in [4.78, 5) is 0. The predicted octanol–water partition coefficient (Wildman–Crippen LogP) is 3.11. The molecule has 0 aliphatic heterocycles. The molecule has 1 aliphatic carbocycles. The first kappa shape index (κ1) is 13.0. The third-order valence-electron chi connectivity index (χ3n) is 3.39. The smallest absolute Gasteiger partial charge is 0.0601 e. The summed E-state index contributed by atoms with van der Waals surface area (Å²) < 4.78 is 5.25. The number of methoxy groups -OCH3 is 1. The highest BCUT2D eigenvalue weighted by Gasteiger charge is 2.27. The van der Waals surface area contributed by atoms with Crippen LogP contribution in [0.2, 0.25) is 0 Å². The summed E-state index contributed by atoms with van der Waals surface area (Å²) in [6, 6.07) is 0.741. The van der Waals surface area contributed by atoms with Gasteiger partial charge in [-0.05, 0) is 25.8 Å². The van der Waals surface area contributed by atoms with Crippen molar-refractivity contribution in [3.05, 3.63) is 0 Å². The first-order chi connectivity index (χ1) is 7.36. The SMILES string of the molecule is CCCCCCCCNC1CC(OC)C1. The first-order valence-electron chi connectivity index (χ1n) is 6.63. The van der Waals surface area contributed by atoms with Gasteiger partial charge in [0, 0.05) is 13.2 Å². The molecular formula is C13H27NO. The molecule has 0 bridgehead atoms. The second kappa shape index (κ2) is 8.12. The van der Waals surface area contributed by atoms with Crippen LogP contribution in [0.1, 0.15) is 58.3 Å². The molecule has 1 rings (SSSR count). The number of unbranched alkanes of at least 4 members (excludes halogenated alkanes) is 5. The standard InChI is InChI=1S/C13H27NO/c1-3-4-5-6-7-8-9-14-12-10-13(11-12)15-2/h12-14H,3-11H2,1-2H3. The van der Waals surface area contributed by atoms with Crippen molar-refractivity contribution < 1.29 is 4.74 Å². The molecule has 0 amide bonds. The molecule has 2 nitrogen and oxygen atoms in total. The van der Waals surface area contributed by atoms with Crippen molar-refractivity contribution in [2.24, 2.45) is 0 Å². The van der Waals surface area contributed by atoms with Crippen molar-refractivity contribution in [3.8, 4) is 0 Å². The normalized spacial score (nSPS) is 25.2. The molecule has 0 saturated heterocycles. The van der Waals surface area contributed by atoms with Crippen LogP contribution in [-0.2, 0) is 4.74 Å². The molecule has 0 spiro atoms. The molecule has 1 aliphatic rings.